The number of ether oxygens (including phenoxy) is 2. The minimum absolute atomic E-state index is 0.0699. The molecule has 0 saturated carbocycles. The van der Waals surface area contributed by atoms with E-state index in [9.17, 15) is 26.3 Å². The molecule has 21 heavy (non-hydrogen) atoms. The summed E-state index contributed by atoms with van der Waals surface area (Å²) in [6, 6.07) is 3.85. The van der Waals surface area contributed by atoms with Crippen molar-refractivity contribution in [2.75, 3.05) is 13.2 Å². The molecule has 1 atom stereocenters. The van der Waals surface area contributed by atoms with Gasteiger partial charge in [-0.25, -0.2) is 0 Å². The van der Waals surface area contributed by atoms with E-state index >= 15 is 0 Å². The van der Waals surface area contributed by atoms with Crippen LogP contribution in [0, 0.1) is 0 Å². The third-order valence-electron chi connectivity index (χ3n) is 2.27. The quantitative estimate of drug-likeness (QED) is 0.481. The number of hydrazine groups is 1. The van der Waals surface area contributed by atoms with E-state index in [4.69, 9.17) is 5.84 Å². The molecule has 3 N–H and O–H groups in total. The number of alkyl halides is 6. The van der Waals surface area contributed by atoms with Crippen LogP contribution < -0.4 is 16.0 Å². The predicted octanol–water partition coefficient (Wildman–Crippen LogP) is 2.67. The maximum atomic E-state index is 12.2. The number of halogens is 6. The topological polar surface area (TPSA) is 56.5 Å². The summed E-state index contributed by atoms with van der Waals surface area (Å²) in [4.78, 5) is 0. The Balaban J connectivity index is 2.80. The van der Waals surface area contributed by atoms with Crippen molar-refractivity contribution in [3.8, 4) is 5.75 Å². The third kappa shape index (κ3) is 6.65. The summed E-state index contributed by atoms with van der Waals surface area (Å²) in [5.74, 6) is 4.57. The molecule has 0 radical (unpaired) electrons. The lowest BCUT2D eigenvalue weighted by Gasteiger charge is -2.20. The molecule has 0 amide bonds. The molecule has 0 fully saturated rings. The molecule has 0 aliphatic heterocycles. The van der Waals surface area contributed by atoms with Gasteiger partial charge in [0.15, 0.2) is 0 Å². The van der Waals surface area contributed by atoms with Gasteiger partial charge in [0.25, 0.3) is 0 Å². The van der Waals surface area contributed by atoms with Crippen molar-refractivity contribution in [1.82, 2.24) is 5.43 Å². The zero-order valence-corrected chi connectivity index (χ0v) is 10.5. The molecule has 0 aliphatic carbocycles. The number of nitrogens with one attached hydrogen (secondary N) is 1. The van der Waals surface area contributed by atoms with Crippen LogP contribution in [0.4, 0.5) is 26.3 Å². The van der Waals surface area contributed by atoms with Crippen molar-refractivity contribution in [1.29, 1.82) is 0 Å². The Labute approximate surface area is 115 Å². The average molecular weight is 318 g/mol. The first-order chi connectivity index (χ1) is 9.62. The van der Waals surface area contributed by atoms with Gasteiger partial charge in [0.1, 0.15) is 12.4 Å². The average Bonchev–Trinajstić information content (AvgIpc) is 2.32. The van der Waals surface area contributed by atoms with Crippen molar-refractivity contribution in [2.24, 2.45) is 5.84 Å². The molecule has 0 heterocycles. The van der Waals surface area contributed by atoms with E-state index in [2.05, 4.69) is 14.9 Å². The molecule has 0 saturated heterocycles. The van der Waals surface area contributed by atoms with E-state index < -0.39 is 37.5 Å². The number of benzene rings is 1. The highest BCUT2D eigenvalue weighted by atomic mass is 19.4. The highest BCUT2D eigenvalue weighted by Gasteiger charge is 2.33. The predicted molar refractivity (Wildman–Crippen MR) is 60.1 cm³/mol. The van der Waals surface area contributed by atoms with Gasteiger partial charge in [-0.1, -0.05) is 18.2 Å². The van der Waals surface area contributed by atoms with Crippen LogP contribution in [0.2, 0.25) is 0 Å². The summed E-state index contributed by atoms with van der Waals surface area (Å²) < 4.78 is 80.8. The Morgan fingerprint density at radius 1 is 1.10 bits per heavy atom. The second-order valence-corrected chi connectivity index (χ2v) is 3.94. The van der Waals surface area contributed by atoms with E-state index in [0.29, 0.717) is 0 Å². The van der Waals surface area contributed by atoms with Crippen LogP contribution in [0.5, 0.6) is 5.75 Å². The first kappa shape index (κ1) is 17.5. The van der Waals surface area contributed by atoms with Crippen molar-refractivity contribution in [3.05, 3.63) is 29.8 Å². The van der Waals surface area contributed by atoms with Crippen molar-refractivity contribution < 1.29 is 35.8 Å². The first-order valence-electron chi connectivity index (χ1n) is 5.57. The Kier molecular flexibility index (Phi) is 5.81. The molecule has 1 unspecified atom stereocenters. The third-order valence-corrected chi connectivity index (χ3v) is 2.27. The maximum absolute atomic E-state index is 12.2. The van der Waals surface area contributed by atoms with Gasteiger partial charge in [0, 0.05) is 5.56 Å². The summed E-state index contributed by atoms with van der Waals surface area (Å²) in [7, 11) is 0. The molecule has 0 aliphatic rings. The van der Waals surface area contributed by atoms with Gasteiger partial charge in [-0.05, 0) is 6.07 Å². The van der Waals surface area contributed by atoms with Crippen LogP contribution in [0.25, 0.3) is 0 Å². The normalized spacial score (nSPS) is 14.0. The number of hydrogen-bond acceptors (Lipinski definition) is 4. The molecule has 10 heteroatoms. The molecule has 120 valence electrons. The Bertz CT molecular complexity index is 449. The van der Waals surface area contributed by atoms with Crippen LogP contribution in [0.1, 0.15) is 11.6 Å². The van der Waals surface area contributed by atoms with Gasteiger partial charge in [-0.2, -0.15) is 13.2 Å². The highest BCUT2D eigenvalue weighted by Crippen LogP contribution is 2.30. The van der Waals surface area contributed by atoms with Gasteiger partial charge in [0.05, 0.1) is 12.6 Å². The van der Waals surface area contributed by atoms with Gasteiger partial charge in [-0.15, -0.1) is 13.2 Å². The van der Waals surface area contributed by atoms with Gasteiger partial charge in [0.2, 0.25) is 0 Å². The van der Waals surface area contributed by atoms with Crippen LogP contribution in [-0.2, 0) is 4.74 Å². The minimum atomic E-state index is -4.93. The van der Waals surface area contributed by atoms with Crippen LogP contribution in [0.3, 0.4) is 0 Å². The van der Waals surface area contributed by atoms with Gasteiger partial charge >= 0.3 is 12.5 Å². The van der Waals surface area contributed by atoms with Crippen molar-refractivity contribution in [3.63, 3.8) is 0 Å². The molecule has 1 aromatic carbocycles. The Hall–Kier alpha value is -1.52. The minimum Gasteiger partial charge on any atom is -0.405 e. The molecular formula is C11H12F6N2O2. The van der Waals surface area contributed by atoms with E-state index in [-0.39, 0.29) is 5.56 Å². The zero-order valence-electron chi connectivity index (χ0n) is 10.5. The summed E-state index contributed by atoms with van der Waals surface area (Å²) in [6.45, 7) is -2.11. The van der Waals surface area contributed by atoms with Crippen LogP contribution >= 0.6 is 0 Å². The lowest BCUT2D eigenvalue weighted by molar-refractivity contribution is -0.275. The number of nitrogens with two attached hydrogens (primary N) is 1. The second-order valence-electron chi connectivity index (χ2n) is 3.94. The molecule has 4 nitrogen and oxygen atoms in total. The summed E-state index contributed by atoms with van der Waals surface area (Å²) in [6.07, 6.45) is -9.47. The molecule has 0 bridgehead atoms. The van der Waals surface area contributed by atoms with Gasteiger partial charge < -0.3 is 9.47 Å². The monoisotopic (exact) mass is 318 g/mol. The summed E-state index contributed by atoms with van der Waals surface area (Å²) >= 11 is 0. The molecule has 1 aromatic rings. The summed E-state index contributed by atoms with van der Waals surface area (Å²) in [5.41, 5.74) is 2.02. The first-order valence-corrected chi connectivity index (χ1v) is 5.57. The molecule has 0 aromatic heterocycles. The van der Waals surface area contributed by atoms with E-state index in [1.54, 1.807) is 0 Å². The largest absolute Gasteiger partial charge is 0.573 e. The lowest BCUT2D eigenvalue weighted by atomic mass is 10.1. The summed E-state index contributed by atoms with van der Waals surface area (Å²) in [5, 5.41) is 0. The fraction of sp³-hybridized carbons (Fsp3) is 0.455. The highest BCUT2D eigenvalue weighted by molar-refractivity contribution is 5.36. The molecule has 0 spiro atoms. The second kappa shape index (κ2) is 6.96. The van der Waals surface area contributed by atoms with E-state index in [1.807, 2.05) is 0 Å². The Morgan fingerprint density at radius 3 is 2.24 bits per heavy atom. The lowest BCUT2D eigenvalue weighted by Crippen LogP contribution is -2.33. The van der Waals surface area contributed by atoms with Crippen molar-refractivity contribution >= 4 is 0 Å². The zero-order chi connectivity index (χ0) is 16.1. The fourth-order valence-corrected chi connectivity index (χ4v) is 1.51. The standard InChI is InChI=1S/C11H12F6N2O2/c12-10(13,14)6-20-5-8(19-18)7-3-1-2-4-9(7)21-11(15,16)17/h1-4,8,19H,5-6,18H2. The molecular weight excluding hydrogens is 306 g/mol. The van der Waals surface area contributed by atoms with E-state index in [0.717, 1.165) is 6.07 Å². The number of rotatable bonds is 6. The molecule has 1 rings (SSSR count). The smallest absolute Gasteiger partial charge is 0.405 e. The van der Waals surface area contributed by atoms with Crippen LogP contribution in [-0.4, -0.2) is 25.8 Å². The van der Waals surface area contributed by atoms with E-state index in [1.165, 1.54) is 18.2 Å². The fourth-order valence-electron chi connectivity index (χ4n) is 1.51. The maximum Gasteiger partial charge on any atom is 0.573 e. The van der Waals surface area contributed by atoms with Crippen LogP contribution in [0.15, 0.2) is 24.3 Å². The Morgan fingerprint density at radius 2 is 1.71 bits per heavy atom. The van der Waals surface area contributed by atoms with Crippen molar-refractivity contribution in [2.45, 2.75) is 18.6 Å². The SMILES string of the molecule is NNC(COCC(F)(F)F)c1ccccc1OC(F)(F)F. The number of para-hydroxylation sites is 1. The number of hydrogen-bond donors (Lipinski definition) is 2. The van der Waals surface area contributed by atoms with Gasteiger partial charge in [-0.3, -0.25) is 11.3 Å².